The second kappa shape index (κ2) is 5.41. The lowest BCUT2D eigenvalue weighted by atomic mass is 10.3. The third-order valence-corrected chi connectivity index (χ3v) is 1.05. The lowest BCUT2D eigenvalue weighted by Crippen LogP contribution is -1.78. The Balaban J connectivity index is 0.000000292. The van der Waals surface area contributed by atoms with Crippen LogP contribution in [0, 0.1) is 13.8 Å². The van der Waals surface area contributed by atoms with Crippen molar-refractivity contribution < 1.29 is 9.90 Å². The molecule has 0 saturated heterocycles. The average molecular weight is 153 g/mol. The van der Waals surface area contributed by atoms with E-state index in [2.05, 4.69) is 18.0 Å². The molecule has 0 atom stereocenters. The van der Waals surface area contributed by atoms with Crippen molar-refractivity contribution in [1.82, 2.24) is 4.98 Å². The van der Waals surface area contributed by atoms with E-state index >= 15 is 0 Å². The first-order chi connectivity index (χ1) is 5.20. The normalized spacial score (nSPS) is 7.82. The van der Waals surface area contributed by atoms with Gasteiger partial charge >= 0.3 is 0 Å². The Hall–Kier alpha value is -1.38. The second-order valence-corrected chi connectivity index (χ2v) is 2.08. The van der Waals surface area contributed by atoms with Gasteiger partial charge in [-0.2, -0.15) is 0 Å². The molecule has 0 spiro atoms. The molecule has 60 valence electrons. The quantitative estimate of drug-likeness (QED) is 0.573. The fourth-order valence-electron chi connectivity index (χ4n) is 0.687. The highest BCUT2D eigenvalue weighted by Gasteiger charge is 1.82. The zero-order chi connectivity index (χ0) is 8.69. The van der Waals surface area contributed by atoms with Crippen molar-refractivity contribution in [1.29, 1.82) is 0 Å². The molecule has 0 aromatic carbocycles. The maximum atomic E-state index is 8.36. The molecule has 0 aliphatic rings. The summed E-state index contributed by atoms with van der Waals surface area (Å²) in [6.45, 7) is 3.81. The number of nitrogens with zero attached hydrogens (tertiary/aromatic N) is 1. The van der Waals surface area contributed by atoms with Crippen molar-refractivity contribution in [3.05, 3.63) is 29.6 Å². The molecule has 1 aromatic heterocycles. The molecule has 0 unspecified atom stereocenters. The van der Waals surface area contributed by atoms with E-state index in [-0.39, 0.29) is 6.47 Å². The van der Waals surface area contributed by atoms with Crippen LogP contribution in [0.1, 0.15) is 11.3 Å². The summed E-state index contributed by atoms with van der Waals surface area (Å²) in [5.74, 6) is 0. The Kier molecular flexibility index (Phi) is 4.73. The maximum Gasteiger partial charge on any atom is 0.290 e. The lowest BCUT2D eigenvalue weighted by Gasteiger charge is -1.90. The number of rotatable bonds is 0. The predicted octanol–water partition coefficient (Wildman–Crippen LogP) is 1.40. The molecule has 1 heterocycles. The fourth-order valence-corrected chi connectivity index (χ4v) is 0.687. The summed E-state index contributed by atoms with van der Waals surface area (Å²) >= 11 is 0. The van der Waals surface area contributed by atoms with E-state index in [4.69, 9.17) is 9.90 Å². The van der Waals surface area contributed by atoms with Gasteiger partial charge in [0.25, 0.3) is 6.47 Å². The SMILES string of the molecule is Cc1ccnc(C)c1.O=CO. The van der Waals surface area contributed by atoms with E-state index in [1.165, 1.54) is 5.56 Å². The summed E-state index contributed by atoms with van der Waals surface area (Å²) in [4.78, 5) is 12.4. The molecule has 0 bridgehead atoms. The van der Waals surface area contributed by atoms with Crippen molar-refractivity contribution in [3.63, 3.8) is 0 Å². The number of hydrogen-bond donors (Lipinski definition) is 1. The molecule has 0 amide bonds. The average Bonchev–Trinajstić information content (AvgIpc) is 1.88. The second-order valence-electron chi connectivity index (χ2n) is 2.08. The molecule has 1 aromatic rings. The highest BCUT2D eigenvalue weighted by atomic mass is 16.3. The molecule has 11 heavy (non-hydrogen) atoms. The Labute approximate surface area is 65.7 Å². The zero-order valence-corrected chi connectivity index (χ0v) is 6.61. The molecule has 0 aliphatic heterocycles. The minimum Gasteiger partial charge on any atom is -0.483 e. The minimum absolute atomic E-state index is 0.250. The van der Waals surface area contributed by atoms with Crippen LogP contribution >= 0.6 is 0 Å². The fraction of sp³-hybridized carbons (Fsp3) is 0.250. The maximum absolute atomic E-state index is 8.36. The summed E-state index contributed by atoms with van der Waals surface area (Å²) < 4.78 is 0. The highest BCUT2D eigenvalue weighted by molar-refractivity contribution is 5.32. The van der Waals surface area contributed by atoms with Crippen molar-refractivity contribution >= 4 is 6.47 Å². The molecule has 3 heteroatoms. The first-order valence-electron chi connectivity index (χ1n) is 3.18. The summed E-state index contributed by atoms with van der Waals surface area (Å²) in [6, 6.07) is 4.05. The Bertz CT molecular complexity index is 206. The van der Waals surface area contributed by atoms with Crippen LogP contribution in [0.4, 0.5) is 0 Å². The van der Waals surface area contributed by atoms with Gasteiger partial charge in [-0.1, -0.05) is 0 Å². The number of aromatic nitrogens is 1. The van der Waals surface area contributed by atoms with Crippen molar-refractivity contribution in [2.24, 2.45) is 0 Å². The lowest BCUT2D eigenvalue weighted by molar-refractivity contribution is -0.122. The van der Waals surface area contributed by atoms with E-state index in [9.17, 15) is 0 Å². The van der Waals surface area contributed by atoms with Crippen LogP contribution in [-0.4, -0.2) is 16.6 Å². The van der Waals surface area contributed by atoms with Gasteiger partial charge in [0.15, 0.2) is 0 Å². The highest BCUT2D eigenvalue weighted by Crippen LogP contribution is 1.95. The molecule has 0 radical (unpaired) electrons. The standard InChI is InChI=1S/C7H9N.CH2O2/c1-6-3-4-8-7(2)5-6;2-1-3/h3-5H,1-2H3;1H,(H,2,3). The first-order valence-corrected chi connectivity index (χ1v) is 3.18. The summed E-state index contributed by atoms with van der Waals surface area (Å²) in [5, 5.41) is 6.89. The molecule has 1 N–H and O–H groups in total. The van der Waals surface area contributed by atoms with E-state index < -0.39 is 0 Å². The number of pyridine rings is 1. The van der Waals surface area contributed by atoms with Crippen LogP contribution in [0.15, 0.2) is 18.3 Å². The van der Waals surface area contributed by atoms with E-state index in [0.29, 0.717) is 0 Å². The van der Waals surface area contributed by atoms with E-state index in [0.717, 1.165) is 5.69 Å². The van der Waals surface area contributed by atoms with Crippen LogP contribution in [0.25, 0.3) is 0 Å². The molecule has 0 saturated carbocycles. The molecule has 3 nitrogen and oxygen atoms in total. The molecular weight excluding hydrogens is 142 g/mol. The van der Waals surface area contributed by atoms with Gasteiger partial charge in [-0.15, -0.1) is 0 Å². The first kappa shape index (κ1) is 9.62. The predicted molar refractivity (Wildman–Crippen MR) is 42.4 cm³/mol. The molecular formula is C8H11NO2. The summed E-state index contributed by atoms with van der Waals surface area (Å²) in [7, 11) is 0. The van der Waals surface area contributed by atoms with Gasteiger partial charge in [0.2, 0.25) is 0 Å². The van der Waals surface area contributed by atoms with E-state index in [1.807, 2.05) is 19.2 Å². The van der Waals surface area contributed by atoms with Gasteiger partial charge in [0.1, 0.15) is 0 Å². The van der Waals surface area contributed by atoms with Gasteiger partial charge in [-0.05, 0) is 31.5 Å². The Morgan fingerprint density at radius 1 is 1.55 bits per heavy atom. The van der Waals surface area contributed by atoms with Crippen LogP contribution in [0.2, 0.25) is 0 Å². The van der Waals surface area contributed by atoms with Gasteiger partial charge in [-0.3, -0.25) is 9.78 Å². The van der Waals surface area contributed by atoms with E-state index in [1.54, 1.807) is 0 Å². The number of carbonyl (C=O) groups is 1. The van der Waals surface area contributed by atoms with Crippen LogP contribution in [-0.2, 0) is 4.79 Å². The van der Waals surface area contributed by atoms with Crippen molar-refractivity contribution in [3.8, 4) is 0 Å². The molecule has 1 rings (SSSR count). The topological polar surface area (TPSA) is 50.2 Å². The molecule has 0 aliphatic carbocycles. The third kappa shape index (κ3) is 5.08. The monoisotopic (exact) mass is 153 g/mol. The number of aryl methyl sites for hydroxylation is 2. The minimum atomic E-state index is -0.250. The van der Waals surface area contributed by atoms with Crippen molar-refractivity contribution in [2.75, 3.05) is 0 Å². The summed E-state index contributed by atoms with van der Waals surface area (Å²) in [6.07, 6.45) is 1.82. The van der Waals surface area contributed by atoms with Gasteiger partial charge in [0, 0.05) is 11.9 Å². The van der Waals surface area contributed by atoms with Gasteiger partial charge in [-0.25, -0.2) is 0 Å². The Morgan fingerprint density at radius 3 is 2.36 bits per heavy atom. The third-order valence-electron chi connectivity index (χ3n) is 1.05. The van der Waals surface area contributed by atoms with Gasteiger partial charge < -0.3 is 5.11 Å². The number of carboxylic acid groups (broad SMARTS) is 1. The van der Waals surface area contributed by atoms with Crippen LogP contribution < -0.4 is 0 Å². The van der Waals surface area contributed by atoms with Crippen LogP contribution in [0.5, 0.6) is 0 Å². The summed E-state index contributed by atoms with van der Waals surface area (Å²) in [5.41, 5.74) is 2.36. The smallest absolute Gasteiger partial charge is 0.290 e. The molecule has 0 fully saturated rings. The largest absolute Gasteiger partial charge is 0.483 e. The van der Waals surface area contributed by atoms with Crippen molar-refractivity contribution in [2.45, 2.75) is 13.8 Å². The van der Waals surface area contributed by atoms with Crippen LogP contribution in [0.3, 0.4) is 0 Å². The van der Waals surface area contributed by atoms with Gasteiger partial charge in [0.05, 0.1) is 0 Å². The Morgan fingerprint density at radius 2 is 2.09 bits per heavy atom. The zero-order valence-electron chi connectivity index (χ0n) is 6.61. The number of hydrogen-bond acceptors (Lipinski definition) is 2.